The Bertz CT molecular complexity index is 500. The summed E-state index contributed by atoms with van der Waals surface area (Å²) in [7, 11) is 0. The minimum Gasteiger partial charge on any atom is -0.255 e. The first kappa shape index (κ1) is 8.21. The molecule has 0 amide bonds. The predicted octanol–water partition coefficient (Wildman–Crippen LogP) is 2.87. The van der Waals surface area contributed by atoms with Gasteiger partial charge in [0.15, 0.2) is 0 Å². The summed E-state index contributed by atoms with van der Waals surface area (Å²) in [6.07, 6.45) is 1.69. The molecule has 0 fully saturated rings. The third-order valence-electron chi connectivity index (χ3n) is 1.79. The summed E-state index contributed by atoms with van der Waals surface area (Å²) in [4.78, 5) is 4.15. The molecule has 0 N–H and O–H groups in total. The van der Waals surface area contributed by atoms with Crippen molar-refractivity contribution in [2.24, 2.45) is 0 Å². The Morgan fingerprint density at radius 3 is 3.00 bits per heavy atom. The van der Waals surface area contributed by atoms with Crippen molar-refractivity contribution in [3.05, 3.63) is 40.5 Å². The van der Waals surface area contributed by atoms with Gasteiger partial charge in [-0.1, -0.05) is 22.0 Å². The van der Waals surface area contributed by atoms with Crippen LogP contribution >= 0.6 is 15.9 Å². The van der Waals surface area contributed by atoms with Crippen LogP contribution in [0.5, 0.6) is 0 Å². The van der Waals surface area contributed by atoms with Crippen molar-refractivity contribution < 1.29 is 0 Å². The Balaban J connectivity index is 2.91. The Labute approximate surface area is 84.0 Å². The minimum atomic E-state index is 0.602. The van der Waals surface area contributed by atoms with E-state index >= 15 is 0 Å². The van der Waals surface area contributed by atoms with E-state index in [0.717, 1.165) is 15.4 Å². The number of hydrogen-bond acceptors (Lipinski definition) is 2. The lowest BCUT2D eigenvalue weighted by atomic mass is 10.1. The van der Waals surface area contributed by atoms with Crippen molar-refractivity contribution in [2.45, 2.75) is 0 Å². The van der Waals surface area contributed by atoms with Crippen LogP contribution in [0.3, 0.4) is 0 Å². The third kappa shape index (κ3) is 1.41. The second-order valence-electron chi connectivity index (χ2n) is 2.64. The van der Waals surface area contributed by atoms with Gasteiger partial charge in [-0.3, -0.25) is 4.98 Å². The van der Waals surface area contributed by atoms with Gasteiger partial charge in [-0.2, -0.15) is 5.26 Å². The largest absolute Gasteiger partial charge is 0.255 e. The number of nitriles is 1. The van der Waals surface area contributed by atoms with Gasteiger partial charge in [-0.05, 0) is 18.2 Å². The van der Waals surface area contributed by atoms with E-state index in [1.54, 1.807) is 12.3 Å². The average Bonchev–Trinajstić information content (AvgIpc) is 2.16. The Morgan fingerprint density at radius 1 is 1.38 bits per heavy atom. The van der Waals surface area contributed by atoms with Crippen LogP contribution in [-0.4, -0.2) is 4.98 Å². The van der Waals surface area contributed by atoms with E-state index in [1.165, 1.54) is 0 Å². The van der Waals surface area contributed by atoms with E-state index < -0.39 is 0 Å². The lowest BCUT2D eigenvalue weighted by Crippen LogP contribution is -1.83. The van der Waals surface area contributed by atoms with E-state index in [9.17, 15) is 0 Å². The summed E-state index contributed by atoms with van der Waals surface area (Å²) in [5.41, 5.74) is 1.36. The Kier molecular flexibility index (Phi) is 1.99. The van der Waals surface area contributed by atoms with E-state index in [0.29, 0.717) is 5.56 Å². The first-order valence-corrected chi connectivity index (χ1v) is 4.55. The molecule has 62 valence electrons. The maximum absolute atomic E-state index is 8.85. The van der Waals surface area contributed by atoms with Crippen LogP contribution in [0.25, 0.3) is 10.9 Å². The average molecular weight is 233 g/mol. The van der Waals surface area contributed by atoms with E-state index in [-0.39, 0.29) is 0 Å². The zero-order valence-electron chi connectivity index (χ0n) is 6.66. The van der Waals surface area contributed by atoms with Gasteiger partial charge in [-0.25, -0.2) is 0 Å². The van der Waals surface area contributed by atoms with Crippen LogP contribution in [0.2, 0.25) is 0 Å². The molecule has 2 nitrogen and oxygen atoms in total. The topological polar surface area (TPSA) is 36.7 Å². The summed E-state index contributed by atoms with van der Waals surface area (Å²) in [6.45, 7) is 0. The second kappa shape index (κ2) is 3.15. The molecule has 1 heterocycles. The van der Waals surface area contributed by atoms with Crippen LogP contribution in [0.1, 0.15) is 5.56 Å². The summed E-state index contributed by atoms with van der Waals surface area (Å²) >= 11 is 3.35. The van der Waals surface area contributed by atoms with Crippen molar-refractivity contribution in [3.8, 4) is 6.07 Å². The van der Waals surface area contributed by atoms with E-state index in [2.05, 4.69) is 27.0 Å². The molecule has 0 aliphatic heterocycles. The molecule has 2 aromatic rings. The Hall–Kier alpha value is -1.40. The molecule has 13 heavy (non-hydrogen) atoms. The molecule has 0 aliphatic rings. The fraction of sp³-hybridized carbons (Fsp3) is 0. The summed E-state index contributed by atoms with van der Waals surface area (Å²) in [5, 5.41) is 9.83. The maximum Gasteiger partial charge on any atom is 0.101 e. The van der Waals surface area contributed by atoms with Gasteiger partial charge < -0.3 is 0 Å². The lowest BCUT2D eigenvalue weighted by Gasteiger charge is -1.98. The number of halogens is 1. The van der Waals surface area contributed by atoms with Crippen LogP contribution < -0.4 is 0 Å². The molecule has 0 bridgehead atoms. The van der Waals surface area contributed by atoms with Gasteiger partial charge >= 0.3 is 0 Å². The molecule has 0 aliphatic carbocycles. The number of nitrogens with zero attached hydrogens (tertiary/aromatic N) is 2. The van der Waals surface area contributed by atoms with Crippen LogP contribution in [0, 0.1) is 11.3 Å². The van der Waals surface area contributed by atoms with E-state index in [1.807, 2.05) is 18.2 Å². The molecule has 0 unspecified atom stereocenters. The Morgan fingerprint density at radius 2 is 2.23 bits per heavy atom. The SMILES string of the molecule is N#Cc1cc(Br)cc2cccnc12. The first-order chi connectivity index (χ1) is 6.31. The molecule has 2 rings (SSSR count). The van der Waals surface area contributed by atoms with Crippen molar-refractivity contribution in [3.63, 3.8) is 0 Å². The molecule has 0 saturated carbocycles. The number of aromatic nitrogens is 1. The predicted molar refractivity (Wildman–Crippen MR) is 54.2 cm³/mol. The van der Waals surface area contributed by atoms with Crippen LogP contribution in [0.15, 0.2) is 34.9 Å². The quantitative estimate of drug-likeness (QED) is 0.701. The zero-order chi connectivity index (χ0) is 9.26. The fourth-order valence-electron chi connectivity index (χ4n) is 1.24. The smallest absolute Gasteiger partial charge is 0.101 e. The summed E-state index contributed by atoms with van der Waals surface area (Å²) < 4.78 is 0.907. The molecule has 0 atom stereocenters. The van der Waals surface area contributed by atoms with Crippen LogP contribution in [0.4, 0.5) is 0 Å². The second-order valence-corrected chi connectivity index (χ2v) is 3.56. The highest BCUT2D eigenvalue weighted by Gasteiger charge is 2.02. The maximum atomic E-state index is 8.85. The van der Waals surface area contributed by atoms with Gasteiger partial charge in [0.2, 0.25) is 0 Å². The normalized spacial score (nSPS) is 9.85. The molecule has 0 saturated heterocycles. The lowest BCUT2D eigenvalue weighted by molar-refractivity contribution is 1.39. The number of hydrogen-bond donors (Lipinski definition) is 0. The minimum absolute atomic E-state index is 0.602. The zero-order valence-corrected chi connectivity index (χ0v) is 8.25. The van der Waals surface area contributed by atoms with Gasteiger partial charge in [-0.15, -0.1) is 0 Å². The monoisotopic (exact) mass is 232 g/mol. The molecule has 0 spiro atoms. The molecule has 0 radical (unpaired) electrons. The highest BCUT2D eigenvalue weighted by molar-refractivity contribution is 9.10. The first-order valence-electron chi connectivity index (χ1n) is 3.75. The highest BCUT2D eigenvalue weighted by Crippen LogP contribution is 2.21. The van der Waals surface area contributed by atoms with Crippen molar-refractivity contribution in [2.75, 3.05) is 0 Å². The van der Waals surface area contributed by atoms with Crippen molar-refractivity contribution in [1.82, 2.24) is 4.98 Å². The van der Waals surface area contributed by atoms with E-state index in [4.69, 9.17) is 5.26 Å². The van der Waals surface area contributed by atoms with Gasteiger partial charge in [0.1, 0.15) is 6.07 Å². The summed E-state index contributed by atoms with van der Waals surface area (Å²) in [5.74, 6) is 0. The molecule has 1 aromatic carbocycles. The molecular formula is C10H5BrN2. The highest BCUT2D eigenvalue weighted by atomic mass is 79.9. The number of rotatable bonds is 0. The molecule has 3 heteroatoms. The van der Waals surface area contributed by atoms with Gasteiger partial charge in [0.25, 0.3) is 0 Å². The van der Waals surface area contributed by atoms with Gasteiger partial charge in [0.05, 0.1) is 11.1 Å². The number of fused-ring (bicyclic) bond motifs is 1. The van der Waals surface area contributed by atoms with Crippen molar-refractivity contribution >= 4 is 26.8 Å². The molecular weight excluding hydrogens is 228 g/mol. The molecule has 1 aromatic heterocycles. The number of benzene rings is 1. The summed E-state index contributed by atoms with van der Waals surface area (Å²) in [6, 6.07) is 9.63. The number of pyridine rings is 1. The third-order valence-corrected chi connectivity index (χ3v) is 2.25. The van der Waals surface area contributed by atoms with Gasteiger partial charge in [0, 0.05) is 16.1 Å². The standard InChI is InChI=1S/C10H5BrN2/c11-9-4-7-2-1-3-13-10(7)8(5-9)6-12/h1-5H. The van der Waals surface area contributed by atoms with Crippen molar-refractivity contribution in [1.29, 1.82) is 5.26 Å². The van der Waals surface area contributed by atoms with Crippen LogP contribution in [-0.2, 0) is 0 Å². The fourth-order valence-corrected chi connectivity index (χ4v) is 1.72.